The largest absolute Gasteiger partial charge is 0.423 e. The predicted octanol–water partition coefficient (Wildman–Crippen LogP) is 3.87. The van der Waals surface area contributed by atoms with E-state index in [1.165, 1.54) is 0 Å². The Hall–Kier alpha value is -1.80. The SMILES string of the molecule is Cc1ccc(OC(=O)c2ccccc2)cc1Cl. The standard InChI is InChI=1S/C14H11ClO2/c1-10-7-8-12(9-13(10)15)17-14(16)11-5-3-2-4-6-11/h2-9H,1H3. The van der Waals surface area contributed by atoms with Crippen molar-refractivity contribution >= 4 is 17.6 Å². The van der Waals surface area contributed by atoms with Crippen molar-refractivity contribution < 1.29 is 9.53 Å². The first-order valence-corrected chi connectivity index (χ1v) is 5.58. The van der Waals surface area contributed by atoms with Gasteiger partial charge in [0.15, 0.2) is 0 Å². The molecule has 0 aliphatic heterocycles. The summed E-state index contributed by atoms with van der Waals surface area (Å²) < 4.78 is 5.21. The van der Waals surface area contributed by atoms with Crippen molar-refractivity contribution in [2.75, 3.05) is 0 Å². The van der Waals surface area contributed by atoms with Crippen molar-refractivity contribution in [3.8, 4) is 5.75 Å². The van der Waals surface area contributed by atoms with Crippen molar-refractivity contribution in [2.45, 2.75) is 6.92 Å². The van der Waals surface area contributed by atoms with Crippen molar-refractivity contribution in [1.82, 2.24) is 0 Å². The summed E-state index contributed by atoms with van der Waals surface area (Å²) >= 11 is 5.95. The van der Waals surface area contributed by atoms with Gasteiger partial charge in [0, 0.05) is 5.02 Å². The third kappa shape index (κ3) is 2.86. The minimum absolute atomic E-state index is 0.384. The van der Waals surface area contributed by atoms with E-state index in [2.05, 4.69) is 0 Å². The highest BCUT2D eigenvalue weighted by Crippen LogP contribution is 2.22. The van der Waals surface area contributed by atoms with Gasteiger partial charge in [-0.25, -0.2) is 4.79 Å². The third-order valence-electron chi connectivity index (χ3n) is 2.36. The Balaban J connectivity index is 2.16. The first-order chi connectivity index (χ1) is 8.16. The Morgan fingerprint density at radius 3 is 2.47 bits per heavy atom. The highest BCUT2D eigenvalue weighted by molar-refractivity contribution is 6.31. The molecule has 0 atom stereocenters. The smallest absolute Gasteiger partial charge is 0.343 e. The molecule has 2 rings (SSSR count). The molecule has 0 unspecified atom stereocenters. The number of rotatable bonds is 2. The van der Waals surface area contributed by atoms with Crippen molar-refractivity contribution in [1.29, 1.82) is 0 Å². The van der Waals surface area contributed by atoms with Crippen LogP contribution in [0, 0.1) is 6.92 Å². The summed E-state index contributed by atoms with van der Waals surface area (Å²) in [5.74, 6) is 0.0694. The van der Waals surface area contributed by atoms with Crippen LogP contribution in [-0.4, -0.2) is 5.97 Å². The number of halogens is 1. The molecular weight excluding hydrogens is 236 g/mol. The van der Waals surface area contributed by atoms with Crippen molar-refractivity contribution in [2.24, 2.45) is 0 Å². The maximum absolute atomic E-state index is 11.7. The maximum atomic E-state index is 11.7. The van der Waals surface area contributed by atoms with Crippen LogP contribution in [0.5, 0.6) is 5.75 Å². The minimum Gasteiger partial charge on any atom is -0.423 e. The molecule has 0 aliphatic carbocycles. The molecule has 0 fully saturated rings. The van der Waals surface area contributed by atoms with E-state index in [9.17, 15) is 4.79 Å². The molecule has 0 saturated carbocycles. The molecular formula is C14H11ClO2. The highest BCUT2D eigenvalue weighted by Gasteiger charge is 2.08. The lowest BCUT2D eigenvalue weighted by molar-refractivity contribution is 0.0735. The molecule has 0 N–H and O–H groups in total. The summed E-state index contributed by atoms with van der Waals surface area (Å²) in [5, 5.41) is 0.586. The van der Waals surface area contributed by atoms with Gasteiger partial charge < -0.3 is 4.74 Å². The van der Waals surface area contributed by atoms with E-state index in [4.69, 9.17) is 16.3 Å². The van der Waals surface area contributed by atoms with E-state index in [-0.39, 0.29) is 5.97 Å². The molecule has 0 bridgehead atoms. The summed E-state index contributed by atoms with van der Waals surface area (Å²) in [6.45, 7) is 1.89. The summed E-state index contributed by atoms with van der Waals surface area (Å²) in [6, 6.07) is 14.0. The number of hydrogen-bond donors (Lipinski definition) is 0. The molecule has 2 nitrogen and oxygen atoms in total. The molecule has 3 heteroatoms. The molecule has 0 aromatic heterocycles. The Morgan fingerprint density at radius 1 is 1.12 bits per heavy atom. The molecule has 0 spiro atoms. The van der Waals surface area contributed by atoms with Gasteiger partial charge in [-0.1, -0.05) is 35.9 Å². The molecule has 0 amide bonds. The van der Waals surface area contributed by atoms with E-state index in [0.29, 0.717) is 16.3 Å². The summed E-state index contributed by atoms with van der Waals surface area (Å²) in [6.07, 6.45) is 0. The van der Waals surface area contributed by atoms with Gasteiger partial charge in [-0.3, -0.25) is 0 Å². The van der Waals surface area contributed by atoms with Crippen LogP contribution in [0.4, 0.5) is 0 Å². The second-order valence-electron chi connectivity index (χ2n) is 3.67. The fourth-order valence-electron chi connectivity index (χ4n) is 1.38. The van der Waals surface area contributed by atoms with Crippen LogP contribution in [0.1, 0.15) is 15.9 Å². The number of benzene rings is 2. The van der Waals surface area contributed by atoms with E-state index in [1.54, 1.807) is 36.4 Å². The zero-order valence-electron chi connectivity index (χ0n) is 9.31. The number of esters is 1. The number of ether oxygens (including phenoxy) is 1. The fraction of sp³-hybridized carbons (Fsp3) is 0.0714. The van der Waals surface area contributed by atoms with Crippen LogP contribution in [-0.2, 0) is 0 Å². The van der Waals surface area contributed by atoms with Gasteiger partial charge >= 0.3 is 5.97 Å². The fourth-order valence-corrected chi connectivity index (χ4v) is 1.55. The minimum atomic E-state index is -0.384. The van der Waals surface area contributed by atoms with Crippen LogP contribution >= 0.6 is 11.6 Å². The molecule has 0 aliphatic rings. The molecule has 2 aromatic carbocycles. The van der Waals surface area contributed by atoms with E-state index < -0.39 is 0 Å². The topological polar surface area (TPSA) is 26.3 Å². The Bertz CT molecular complexity index is 535. The summed E-state index contributed by atoms with van der Waals surface area (Å²) in [5.41, 5.74) is 1.47. The maximum Gasteiger partial charge on any atom is 0.343 e. The van der Waals surface area contributed by atoms with E-state index in [1.807, 2.05) is 19.1 Å². The molecule has 17 heavy (non-hydrogen) atoms. The van der Waals surface area contributed by atoms with Gasteiger partial charge in [0.1, 0.15) is 5.75 Å². The Kier molecular flexibility index (Phi) is 3.45. The Morgan fingerprint density at radius 2 is 1.82 bits per heavy atom. The number of carbonyl (C=O) groups excluding carboxylic acids is 1. The van der Waals surface area contributed by atoms with Crippen LogP contribution in [0.25, 0.3) is 0 Å². The van der Waals surface area contributed by atoms with Gasteiger partial charge in [-0.2, -0.15) is 0 Å². The van der Waals surface area contributed by atoms with Gasteiger partial charge in [-0.05, 0) is 36.8 Å². The zero-order chi connectivity index (χ0) is 12.3. The lowest BCUT2D eigenvalue weighted by atomic mass is 10.2. The van der Waals surface area contributed by atoms with Crippen molar-refractivity contribution in [3.05, 3.63) is 64.7 Å². The number of carbonyl (C=O) groups is 1. The molecule has 86 valence electrons. The first kappa shape index (κ1) is 11.7. The van der Waals surface area contributed by atoms with E-state index in [0.717, 1.165) is 5.56 Å². The van der Waals surface area contributed by atoms with Crippen molar-refractivity contribution in [3.63, 3.8) is 0 Å². The van der Waals surface area contributed by atoms with E-state index >= 15 is 0 Å². The average Bonchev–Trinajstić information content (AvgIpc) is 2.35. The highest BCUT2D eigenvalue weighted by atomic mass is 35.5. The third-order valence-corrected chi connectivity index (χ3v) is 2.77. The van der Waals surface area contributed by atoms with Gasteiger partial charge in [0.05, 0.1) is 5.56 Å². The van der Waals surface area contributed by atoms with Gasteiger partial charge in [0.25, 0.3) is 0 Å². The number of aryl methyl sites for hydroxylation is 1. The summed E-state index contributed by atoms with van der Waals surface area (Å²) in [7, 11) is 0. The molecule has 2 aromatic rings. The zero-order valence-corrected chi connectivity index (χ0v) is 10.1. The molecule has 0 saturated heterocycles. The van der Waals surface area contributed by atoms with Crippen LogP contribution in [0.2, 0.25) is 5.02 Å². The van der Waals surface area contributed by atoms with Gasteiger partial charge in [0.2, 0.25) is 0 Å². The monoisotopic (exact) mass is 246 g/mol. The number of hydrogen-bond acceptors (Lipinski definition) is 2. The lowest BCUT2D eigenvalue weighted by Gasteiger charge is -2.05. The van der Waals surface area contributed by atoms with Crippen LogP contribution in [0.3, 0.4) is 0 Å². The quantitative estimate of drug-likeness (QED) is 0.594. The van der Waals surface area contributed by atoms with Crippen LogP contribution in [0.15, 0.2) is 48.5 Å². The second-order valence-corrected chi connectivity index (χ2v) is 4.07. The molecule has 0 radical (unpaired) electrons. The Labute approximate surface area is 105 Å². The molecule has 0 heterocycles. The summed E-state index contributed by atoms with van der Waals surface area (Å²) in [4.78, 5) is 11.7. The second kappa shape index (κ2) is 5.02. The normalized spacial score (nSPS) is 10.0. The van der Waals surface area contributed by atoms with Gasteiger partial charge in [-0.15, -0.1) is 0 Å². The average molecular weight is 247 g/mol. The van der Waals surface area contributed by atoms with Crippen LogP contribution < -0.4 is 4.74 Å². The lowest BCUT2D eigenvalue weighted by Crippen LogP contribution is -2.08. The predicted molar refractivity (Wildman–Crippen MR) is 67.6 cm³/mol. The first-order valence-electron chi connectivity index (χ1n) is 5.20.